The predicted octanol–water partition coefficient (Wildman–Crippen LogP) is 2.00. The van der Waals surface area contributed by atoms with E-state index in [4.69, 9.17) is 9.84 Å². The number of aliphatic hydroxyl groups is 1. The van der Waals surface area contributed by atoms with E-state index in [0.29, 0.717) is 12.6 Å². The first kappa shape index (κ1) is 14.6. The molecule has 1 aromatic carbocycles. The van der Waals surface area contributed by atoms with Gasteiger partial charge in [-0.3, -0.25) is 4.79 Å². The molecule has 4 heteroatoms. The zero-order chi connectivity index (χ0) is 14.5. The van der Waals surface area contributed by atoms with Crippen LogP contribution in [0.25, 0.3) is 6.08 Å². The fraction of sp³-hybridized carbons (Fsp3) is 0.438. The molecule has 1 amide bonds. The zero-order valence-corrected chi connectivity index (χ0v) is 12.0. The molecule has 0 atom stereocenters. The summed E-state index contributed by atoms with van der Waals surface area (Å²) >= 11 is 0. The highest BCUT2D eigenvalue weighted by molar-refractivity contribution is 5.92. The molecule has 0 saturated heterocycles. The van der Waals surface area contributed by atoms with Gasteiger partial charge in [0.05, 0.1) is 13.7 Å². The SMILES string of the molecule is COc1ccc(C)cc1/C=C/C(=O)N(CCO)C1CC1. The Hall–Kier alpha value is -1.81. The summed E-state index contributed by atoms with van der Waals surface area (Å²) in [5.41, 5.74) is 2.01. The highest BCUT2D eigenvalue weighted by Crippen LogP contribution is 2.27. The van der Waals surface area contributed by atoms with Crippen molar-refractivity contribution >= 4 is 12.0 Å². The maximum absolute atomic E-state index is 12.2. The maximum Gasteiger partial charge on any atom is 0.246 e. The third-order valence-corrected chi connectivity index (χ3v) is 3.40. The van der Waals surface area contributed by atoms with E-state index < -0.39 is 0 Å². The molecule has 1 N–H and O–H groups in total. The molecule has 0 aliphatic heterocycles. The lowest BCUT2D eigenvalue weighted by Gasteiger charge is -2.19. The molecule has 1 aliphatic carbocycles. The van der Waals surface area contributed by atoms with Crippen LogP contribution >= 0.6 is 0 Å². The molecule has 0 heterocycles. The standard InChI is InChI=1S/C16H21NO3/c1-12-3-7-15(20-2)13(11-12)4-8-16(19)17(9-10-18)14-5-6-14/h3-4,7-8,11,14,18H,5-6,9-10H2,1-2H3/b8-4+. The van der Waals surface area contributed by atoms with Gasteiger partial charge >= 0.3 is 0 Å². The average Bonchev–Trinajstić information content (AvgIpc) is 3.26. The molecule has 1 fully saturated rings. The van der Waals surface area contributed by atoms with Gasteiger partial charge in [0.2, 0.25) is 5.91 Å². The summed E-state index contributed by atoms with van der Waals surface area (Å²) in [4.78, 5) is 13.9. The highest BCUT2D eigenvalue weighted by Gasteiger charge is 2.30. The second-order valence-electron chi connectivity index (χ2n) is 5.07. The number of nitrogens with zero attached hydrogens (tertiary/aromatic N) is 1. The lowest BCUT2D eigenvalue weighted by Crippen LogP contribution is -2.34. The molecule has 2 rings (SSSR count). The van der Waals surface area contributed by atoms with Gasteiger partial charge in [-0.2, -0.15) is 0 Å². The number of aliphatic hydroxyl groups excluding tert-OH is 1. The molecule has 20 heavy (non-hydrogen) atoms. The lowest BCUT2D eigenvalue weighted by molar-refractivity contribution is -0.127. The van der Waals surface area contributed by atoms with Gasteiger partial charge in [-0.25, -0.2) is 0 Å². The van der Waals surface area contributed by atoms with Crippen LogP contribution in [-0.4, -0.2) is 42.2 Å². The van der Waals surface area contributed by atoms with Crippen LogP contribution in [0.15, 0.2) is 24.3 Å². The van der Waals surface area contributed by atoms with E-state index in [1.54, 1.807) is 24.2 Å². The minimum absolute atomic E-state index is 0.00382. The Morgan fingerprint density at radius 1 is 1.50 bits per heavy atom. The van der Waals surface area contributed by atoms with E-state index in [1.807, 2.05) is 25.1 Å². The van der Waals surface area contributed by atoms with E-state index in [1.165, 1.54) is 0 Å². The Morgan fingerprint density at radius 3 is 2.85 bits per heavy atom. The van der Waals surface area contributed by atoms with Gasteiger partial charge in [0.25, 0.3) is 0 Å². The lowest BCUT2D eigenvalue weighted by atomic mass is 10.1. The molecular formula is C16H21NO3. The Kier molecular flexibility index (Phi) is 4.79. The van der Waals surface area contributed by atoms with Crippen molar-refractivity contribution in [2.75, 3.05) is 20.3 Å². The predicted molar refractivity (Wildman–Crippen MR) is 78.6 cm³/mol. The highest BCUT2D eigenvalue weighted by atomic mass is 16.5. The Balaban J connectivity index is 2.11. The number of aryl methyl sites for hydroxylation is 1. The van der Waals surface area contributed by atoms with Gasteiger partial charge in [-0.15, -0.1) is 0 Å². The van der Waals surface area contributed by atoms with Crippen molar-refractivity contribution in [2.24, 2.45) is 0 Å². The third-order valence-electron chi connectivity index (χ3n) is 3.40. The van der Waals surface area contributed by atoms with Gasteiger partial charge in [-0.1, -0.05) is 11.6 Å². The topological polar surface area (TPSA) is 49.8 Å². The van der Waals surface area contributed by atoms with Crippen LogP contribution in [0.3, 0.4) is 0 Å². The quantitative estimate of drug-likeness (QED) is 0.808. The van der Waals surface area contributed by atoms with Crippen molar-refractivity contribution in [2.45, 2.75) is 25.8 Å². The number of ether oxygens (including phenoxy) is 1. The van der Waals surface area contributed by atoms with E-state index in [0.717, 1.165) is 29.7 Å². The Morgan fingerprint density at radius 2 is 2.25 bits per heavy atom. The monoisotopic (exact) mass is 275 g/mol. The summed E-state index contributed by atoms with van der Waals surface area (Å²) in [6.45, 7) is 2.41. The number of hydrogen-bond donors (Lipinski definition) is 1. The number of methoxy groups -OCH3 is 1. The van der Waals surface area contributed by atoms with Crippen molar-refractivity contribution in [3.05, 3.63) is 35.4 Å². The van der Waals surface area contributed by atoms with E-state index >= 15 is 0 Å². The number of amides is 1. The third kappa shape index (κ3) is 3.61. The zero-order valence-electron chi connectivity index (χ0n) is 12.0. The minimum atomic E-state index is -0.0508. The number of benzene rings is 1. The van der Waals surface area contributed by atoms with Crippen molar-refractivity contribution in [1.82, 2.24) is 4.90 Å². The molecule has 108 valence electrons. The van der Waals surface area contributed by atoms with Gasteiger partial charge in [0.15, 0.2) is 0 Å². The van der Waals surface area contributed by atoms with Crippen molar-refractivity contribution in [1.29, 1.82) is 0 Å². The van der Waals surface area contributed by atoms with Crippen LogP contribution < -0.4 is 4.74 Å². The van der Waals surface area contributed by atoms with Crippen molar-refractivity contribution in [3.63, 3.8) is 0 Å². The van der Waals surface area contributed by atoms with Gasteiger partial charge in [0.1, 0.15) is 5.75 Å². The fourth-order valence-electron chi connectivity index (χ4n) is 2.21. The maximum atomic E-state index is 12.2. The van der Waals surface area contributed by atoms with Crippen LogP contribution in [0.2, 0.25) is 0 Å². The molecule has 1 aliphatic rings. The van der Waals surface area contributed by atoms with Crippen LogP contribution in [0.4, 0.5) is 0 Å². The van der Waals surface area contributed by atoms with Gasteiger partial charge < -0.3 is 14.7 Å². The molecule has 0 bridgehead atoms. The average molecular weight is 275 g/mol. The molecule has 0 spiro atoms. The van der Waals surface area contributed by atoms with Gasteiger partial charge in [0, 0.05) is 24.2 Å². The largest absolute Gasteiger partial charge is 0.496 e. The molecule has 1 saturated carbocycles. The molecule has 0 unspecified atom stereocenters. The smallest absolute Gasteiger partial charge is 0.246 e. The molecule has 0 aromatic heterocycles. The Bertz CT molecular complexity index is 506. The van der Waals surface area contributed by atoms with Crippen LogP contribution in [0, 0.1) is 6.92 Å². The van der Waals surface area contributed by atoms with E-state index in [9.17, 15) is 4.79 Å². The molecule has 1 aromatic rings. The number of rotatable bonds is 6. The summed E-state index contributed by atoms with van der Waals surface area (Å²) in [6.07, 6.45) is 5.41. The first-order valence-electron chi connectivity index (χ1n) is 6.90. The summed E-state index contributed by atoms with van der Waals surface area (Å²) in [5, 5.41) is 9.03. The normalized spacial score (nSPS) is 14.6. The number of carbonyl (C=O) groups excluding carboxylic acids is 1. The molecule has 4 nitrogen and oxygen atoms in total. The summed E-state index contributed by atoms with van der Waals surface area (Å²) in [7, 11) is 1.62. The Labute approximate surface area is 119 Å². The molecule has 0 radical (unpaired) electrons. The second-order valence-corrected chi connectivity index (χ2v) is 5.07. The van der Waals surface area contributed by atoms with Gasteiger partial charge in [-0.05, 0) is 38.0 Å². The van der Waals surface area contributed by atoms with Crippen LogP contribution in [0.1, 0.15) is 24.0 Å². The second kappa shape index (κ2) is 6.57. The van der Waals surface area contributed by atoms with Crippen molar-refractivity contribution < 1.29 is 14.6 Å². The first-order valence-corrected chi connectivity index (χ1v) is 6.90. The van der Waals surface area contributed by atoms with Crippen molar-refractivity contribution in [3.8, 4) is 5.75 Å². The first-order chi connectivity index (χ1) is 9.65. The van der Waals surface area contributed by atoms with Crippen LogP contribution in [0.5, 0.6) is 5.75 Å². The summed E-state index contributed by atoms with van der Waals surface area (Å²) in [6, 6.07) is 6.15. The van der Waals surface area contributed by atoms with E-state index in [-0.39, 0.29) is 12.5 Å². The number of carbonyl (C=O) groups is 1. The minimum Gasteiger partial charge on any atom is -0.496 e. The summed E-state index contributed by atoms with van der Waals surface area (Å²) < 4.78 is 5.28. The summed E-state index contributed by atoms with van der Waals surface area (Å²) in [5.74, 6) is 0.699. The van der Waals surface area contributed by atoms with E-state index in [2.05, 4.69) is 0 Å². The number of hydrogen-bond acceptors (Lipinski definition) is 3. The fourth-order valence-corrected chi connectivity index (χ4v) is 2.21. The molecular weight excluding hydrogens is 254 g/mol. The van der Waals surface area contributed by atoms with Crippen LogP contribution in [-0.2, 0) is 4.79 Å².